The molecule has 0 unspecified atom stereocenters. The second-order valence-corrected chi connectivity index (χ2v) is 30.8. The van der Waals surface area contributed by atoms with Crippen LogP contribution in [0.1, 0.15) is 82.7 Å². The van der Waals surface area contributed by atoms with E-state index < -0.39 is 0 Å². The van der Waals surface area contributed by atoms with Crippen LogP contribution in [0, 0.1) is 0 Å². The lowest BCUT2D eigenvalue weighted by atomic mass is 10.0. The van der Waals surface area contributed by atoms with E-state index in [0.29, 0.717) is 125 Å². The molecule has 0 saturated carbocycles. The molecule has 0 radical (unpaired) electrons. The number of hydrogen-bond acceptors (Lipinski definition) is 28. The fourth-order valence-corrected chi connectivity index (χ4v) is 13.7. The summed E-state index contributed by atoms with van der Waals surface area (Å²) in [6.45, 7) is 9.58. The number of carbonyl (C=O) groups excluding carboxylic acids is 7. The molecule has 0 saturated heterocycles. The summed E-state index contributed by atoms with van der Waals surface area (Å²) in [7, 11) is 4.65. The van der Waals surface area contributed by atoms with Crippen LogP contribution in [0.4, 0.5) is 17.1 Å². The molecule has 5 heterocycles. The molecule has 14 rings (SSSR count). The SMILES string of the molecule is C=C(O)CSc1n[nH]c(-c2cccc(Oc3ccccc3)c2)n1.CC(=O)CSc1n[nH]c(-c2cccc(C(=O)Nc3ccccc3)c2)n1.COc1ccc(-c2nc(SCC(C)=O)n[nH]2)cc1O.COc1cccc(NC(=O)c2cccc(C3=NN=C(SCC(C)=O)C3)c2)c1.COc1cccc(NC(=O)c2cccc(C3=NN=C(SCC(C)=O)C3)c2)c1. The molecule has 34 heteroatoms. The number of thioether (sulfide) groups is 5. The third-order valence-corrected chi connectivity index (χ3v) is 21.3. The van der Waals surface area contributed by atoms with Crippen LogP contribution in [-0.4, -0.2) is 168 Å². The molecule has 618 valence electrons. The zero-order valence-corrected chi connectivity index (χ0v) is 70.5. The van der Waals surface area contributed by atoms with Crippen molar-refractivity contribution in [3.05, 3.63) is 265 Å². The van der Waals surface area contributed by atoms with Crippen molar-refractivity contribution in [2.45, 2.75) is 56.0 Å². The zero-order chi connectivity index (χ0) is 86.0. The van der Waals surface area contributed by atoms with E-state index in [1.54, 1.807) is 113 Å². The Kier molecular flexibility index (Phi) is 34.1. The number of benzene rings is 9. The molecule has 121 heavy (non-hydrogen) atoms. The van der Waals surface area contributed by atoms with E-state index in [2.05, 4.69) is 88.5 Å². The van der Waals surface area contributed by atoms with Gasteiger partial charge in [0.1, 0.15) is 56.2 Å². The van der Waals surface area contributed by atoms with Crippen molar-refractivity contribution in [1.82, 2.24) is 45.5 Å². The van der Waals surface area contributed by atoms with Gasteiger partial charge in [-0.1, -0.05) is 139 Å². The Hall–Kier alpha value is -13.5. The molecular weight excluding hydrogens is 1640 g/mol. The van der Waals surface area contributed by atoms with Gasteiger partial charge < -0.3 is 45.1 Å². The normalized spacial score (nSPS) is 11.6. The lowest BCUT2D eigenvalue weighted by Gasteiger charge is -2.08. The first kappa shape index (κ1) is 89.8. The third-order valence-electron chi connectivity index (χ3n) is 16.2. The number of aromatic nitrogens is 9. The van der Waals surface area contributed by atoms with Crippen LogP contribution in [0.25, 0.3) is 34.2 Å². The Morgan fingerprint density at radius 1 is 0.380 bits per heavy atom. The topological polar surface area (TPSA) is 407 Å². The number of aliphatic hydroxyl groups is 1. The highest BCUT2D eigenvalue weighted by Crippen LogP contribution is 2.33. The lowest BCUT2D eigenvalue weighted by Crippen LogP contribution is -2.13. The number of aromatic amines is 3. The summed E-state index contributed by atoms with van der Waals surface area (Å²) >= 11 is 6.66. The molecule has 0 spiro atoms. The van der Waals surface area contributed by atoms with Gasteiger partial charge in [-0.25, -0.2) is 15.0 Å². The van der Waals surface area contributed by atoms with Crippen molar-refractivity contribution in [2.75, 3.05) is 66.0 Å². The fourth-order valence-electron chi connectivity index (χ4n) is 10.5. The first-order valence-corrected chi connectivity index (χ1v) is 41.8. The van der Waals surface area contributed by atoms with Crippen molar-refractivity contribution >= 4 is 138 Å². The van der Waals surface area contributed by atoms with Gasteiger partial charge >= 0.3 is 0 Å². The van der Waals surface area contributed by atoms with E-state index in [1.807, 2.05) is 140 Å². The number of aliphatic hydroxyl groups excluding tert-OH is 1. The van der Waals surface area contributed by atoms with Gasteiger partial charge in [0.2, 0.25) is 15.5 Å². The number of hydrogen-bond donors (Lipinski definition) is 8. The van der Waals surface area contributed by atoms with Crippen LogP contribution in [0.2, 0.25) is 0 Å². The number of rotatable bonds is 29. The minimum atomic E-state index is -0.212. The number of nitrogens with zero attached hydrogens (tertiary/aromatic N) is 10. The number of phenols is 1. The Labute approximate surface area is 717 Å². The Morgan fingerprint density at radius 3 is 1.17 bits per heavy atom. The first-order valence-electron chi connectivity index (χ1n) is 36.8. The van der Waals surface area contributed by atoms with E-state index in [0.717, 1.165) is 61.0 Å². The maximum atomic E-state index is 12.6. The number of carbonyl (C=O) groups is 7. The van der Waals surface area contributed by atoms with Gasteiger partial charge in [0.05, 0.1) is 67.3 Å². The summed E-state index contributed by atoms with van der Waals surface area (Å²) < 4.78 is 21.1. The quantitative estimate of drug-likeness (QED) is 0.0159. The Balaban J connectivity index is 0.000000159. The van der Waals surface area contributed by atoms with Crippen LogP contribution in [0.3, 0.4) is 0 Å². The summed E-state index contributed by atoms with van der Waals surface area (Å²) in [5.74, 6) is 6.67. The van der Waals surface area contributed by atoms with E-state index >= 15 is 0 Å². The number of ketones is 4. The summed E-state index contributed by atoms with van der Waals surface area (Å²) in [5.41, 5.74) is 9.23. The van der Waals surface area contributed by atoms with Crippen molar-refractivity contribution in [3.8, 4) is 68.7 Å². The predicted octanol–water partition coefficient (Wildman–Crippen LogP) is 17.3. The second-order valence-electron chi connectivity index (χ2n) is 25.9. The van der Waals surface area contributed by atoms with Crippen molar-refractivity contribution in [1.29, 1.82) is 0 Å². The van der Waals surface area contributed by atoms with Crippen LogP contribution >= 0.6 is 58.8 Å². The van der Waals surface area contributed by atoms with E-state index in [4.69, 9.17) is 24.1 Å². The molecular formula is C87H82N16O13S5. The van der Waals surface area contributed by atoms with Crippen LogP contribution in [0.5, 0.6) is 34.5 Å². The molecule has 0 fully saturated rings. The van der Waals surface area contributed by atoms with Crippen molar-refractivity contribution in [3.63, 3.8) is 0 Å². The molecule has 3 amide bonds. The fraction of sp³-hybridized carbons (Fsp3) is 0.161. The summed E-state index contributed by atoms with van der Waals surface area (Å²) in [4.78, 5) is 94.6. The first-order chi connectivity index (χ1) is 58.5. The van der Waals surface area contributed by atoms with E-state index in [-0.39, 0.29) is 52.4 Å². The molecule has 3 aromatic heterocycles. The largest absolute Gasteiger partial charge is 0.512 e. The highest BCUT2D eigenvalue weighted by Gasteiger charge is 2.21. The number of H-pyrrole nitrogens is 3. The number of amides is 3. The van der Waals surface area contributed by atoms with Gasteiger partial charge in [-0.2, -0.15) is 10.2 Å². The molecule has 0 aliphatic carbocycles. The van der Waals surface area contributed by atoms with Gasteiger partial charge in [0.25, 0.3) is 17.7 Å². The number of aromatic hydroxyl groups is 1. The predicted molar refractivity (Wildman–Crippen MR) is 478 cm³/mol. The monoisotopic (exact) mass is 1720 g/mol. The molecule has 9 aromatic carbocycles. The summed E-state index contributed by atoms with van der Waals surface area (Å²) in [6, 6.07) is 67.5. The van der Waals surface area contributed by atoms with Gasteiger partial charge in [-0.05, 0) is 154 Å². The van der Waals surface area contributed by atoms with Gasteiger partial charge in [-0.15, -0.1) is 49.0 Å². The Morgan fingerprint density at radius 2 is 0.744 bits per heavy atom. The van der Waals surface area contributed by atoms with E-state index in [9.17, 15) is 38.7 Å². The molecule has 0 atom stereocenters. The number of phenolic OH excluding ortho intramolecular Hbond substituents is 1. The molecule has 2 aliphatic heterocycles. The molecule has 0 bridgehead atoms. The highest BCUT2D eigenvalue weighted by molar-refractivity contribution is 8.14. The minimum Gasteiger partial charge on any atom is -0.512 e. The van der Waals surface area contributed by atoms with Crippen LogP contribution < -0.4 is 34.9 Å². The second kappa shape index (κ2) is 46.0. The third kappa shape index (κ3) is 29.2. The number of ether oxygens (including phenoxy) is 4. The number of nitrogens with one attached hydrogen (secondary N) is 6. The average molecular weight is 1720 g/mol. The van der Waals surface area contributed by atoms with Crippen molar-refractivity contribution < 1.29 is 62.7 Å². The highest BCUT2D eigenvalue weighted by atomic mass is 32.2. The molecule has 2 aliphatic rings. The maximum Gasteiger partial charge on any atom is 0.255 e. The van der Waals surface area contributed by atoms with Crippen LogP contribution in [0.15, 0.2) is 273 Å². The number of para-hydroxylation sites is 2. The number of Topliss-reactive ketones (excluding diaryl/α,β-unsaturated/α-hetero) is 4. The van der Waals surface area contributed by atoms with E-state index in [1.165, 1.54) is 79.8 Å². The molecule has 8 N–H and O–H groups in total. The average Bonchev–Trinajstić information content (AvgIpc) is 1.83. The standard InChI is InChI=1S/2C20H19N3O3S.C18H16N4O2S.C17H15N3O2S.C12H13N3O3S/c2*1-13(24)12-27-19-11-18(22-23-19)14-5-3-6-15(9-14)20(25)21-16-7-4-8-17(10-16)26-2;1-12(23)11-25-18-20-16(21-22-18)13-6-5-7-14(10-13)17(24)19-15-8-3-2-4-9-15;1-12(21)11-23-17-18-16(19-20-17)13-6-5-9-15(10-13)22-14-7-3-2-4-8-14;1-7(16)6-19-12-13-11(14-15-12)8-3-4-10(18-2)9(17)5-8/h2*3-10H,11-12H2,1-2H3,(H,21,25);2-10H,11H2,1H3,(H,19,24)(H,20,21,22);2-10,21H,1,11H2,(H,18,19,20);3-5,17H,6H2,1-2H3,(H,13,14,15). The Bertz CT molecular complexity index is 5630. The summed E-state index contributed by atoms with van der Waals surface area (Å²) in [6.07, 6.45) is 1.14. The molecule has 29 nitrogen and oxygen atoms in total. The van der Waals surface area contributed by atoms with Crippen LogP contribution in [-0.2, 0) is 19.2 Å². The van der Waals surface area contributed by atoms with Crippen molar-refractivity contribution in [2.24, 2.45) is 20.4 Å². The maximum absolute atomic E-state index is 12.6. The van der Waals surface area contributed by atoms with Gasteiger partial charge in [-0.3, -0.25) is 48.9 Å². The zero-order valence-electron chi connectivity index (χ0n) is 66.4. The lowest BCUT2D eigenvalue weighted by molar-refractivity contribution is -0.115. The summed E-state index contributed by atoms with van der Waals surface area (Å²) in [5, 5.41) is 67.9. The van der Waals surface area contributed by atoms with Gasteiger partial charge in [0.15, 0.2) is 29.0 Å². The number of methoxy groups -OCH3 is 3. The number of anilines is 3. The van der Waals surface area contributed by atoms with Gasteiger partial charge in [0, 0.05) is 75.4 Å². The minimum absolute atomic E-state index is 0.0364. The smallest absolute Gasteiger partial charge is 0.255 e. The molecule has 12 aromatic rings.